The molecule has 1 N–H and O–H groups in total. The third-order valence-corrected chi connectivity index (χ3v) is 5.79. The highest BCUT2D eigenvalue weighted by Crippen LogP contribution is 2.33. The maximum atomic E-state index is 9.54. The van der Waals surface area contributed by atoms with Gasteiger partial charge in [-0.2, -0.15) is 5.26 Å². The molecule has 3 aromatic heterocycles. The van der Waals surface area contributed by atoms with Crippen molar-refractivity contribution in [2.45, 2.75) is 6.92 Å². The zero-order chi connectivity index (χ0) is 16.5. The molecule has 1 aromatic carbocycles. The van der Waals surface area contributed by atoms with Crippen molar-refractivity contribution < 1.29 is 0 Å². The second-order valence-electron chi connectivity index (χ2n) is 5.46. The summed E-state index contributed by atoms with van der Waals surface area (Å²) in [4.78, 5) is 11.3. The van der Waals surface area contributed by atoms with Gasteiger partial charge in [-0.1, -0.05) is 12.1 Å². The Morgan fingerprint density at radius 3 is 2.92 bits per heavy atom. The minimum Gasteiger partial charge on any atom is -0.337 e. The Labute approximate surface area is 147 Å². The van der Waals surface area contributed by atoms with Crippen molar-refractivity contribution in [1.82, 2.24) is 9.97 Å². The minimum absolute atomic E-state index is 0.545. The van der Waals surface area contributed by atoms with E-state index >= 15 is 0 Å². The molecule has 24 heavy (non-hydrogen) atoms. The van der Waals surface area contributed by atoms with Crippen molar-refractivity contribution in [1.29, 1.82) is 5.26 Å². The first-order chi connectivity index (χ1) is 11.7. The highest BCUT2D eigenvalue weighted by atomic mass is 32.1. The molecule has 3 nitrogen and oxygen atoms in total. The molecule has 5 heteroatoms. The average Bonchev–Trinajstić information content (AvgIpc) is 3.31. The van der Waals surface area contributed by atoms with Crippen molar-refractivity contribution in [2.24, 2.45) is 0 Å². The van der Waals surface area contributed by atoms with Gasteiger partial charge >= 0.3 is 0 Å². The summed E-state index contributed by atoms with van der Waals surface area (Å²) in [5.41, 5.74) is 3.54. The number of hydrogen-bond donors (Lipinski definition) is 1. The molecule has 4 rings (SSSR count). The van der Waals surface area contributed by atoms with Crippen LogP contribution < -0.4 is 0 Å². The number of allylic oxidation sites excluding steroid dienone is 1. The molecule has 0 aliphatic rings. The van der Waals surface area contributed by atoms with E-state index in [0.29, 0.717) is 11.4 Å². The number of nitriles is 1. The van der Waals surface area contributed by atoms with Gasteiger partial charge in [-0.25, -0.2) is 4.98 Å². The van der Waals surface area contributed by atoms with Crippen molar-refractivity contribution >= 4 is 45.4 Å². The molecule has 0 saturated heterocycles. The largest absolute Gasteiger partial charge is 0.337 e. The number of thiophene rings is 2. The van der Waals surface area contributed by atoms with Crippen LogP contribution in [0.4, 0.5) is 0 Å². The van der Waals surface area contributed by atoms with E-state index in [1.807, 2.05) is 43.3 Å². The fourth-order valence-corrected chi connectivity index (χ4v) is 4.31. The zero-order valence-electron chi connectivity index (χ0n) is 12.9. The number of imidazole rings is 1. The zero-order valence-corrected chi connectivity index (χ0v) is 14.5. The van der Waals surface area contributed by atoms with E-state index in [1.54, 1.807) is 22.7 Å². The first kappa shape index (κ1) is 14.9. The van der Waals surface area contributed by atoms with E-state index < -0.39 is 0 Å². The Balaban J connectivity index is 1.72. The van der Waals surface area contributed by atoms with Gasteiger partial charge in [0.05, 0.1) is 16.6 Å². The molecule has 116 valence electrons. The van der Waals surface area contributed by atoms with E-state index in [0.717, 1.165) is 15.9 Å². The smallest absolute Gasteiger partial charge is 0.149 e. The second kappa shape index (κ2) is 6.08. The summed E-state index contributed by atoms with van der Waals surface area (Å²) >= 11 is 3.40. The van der Waals surface area contributed by atoms with Crippen molar-refractivity contribution in [3.05, 3.63) is 64.1 Å². The van der Waals surface area contributed by atoms with Crippen LogP contribution >= 0.6 is 22.7 Å². The molecule has 0 unspecified atom stereocenters. The van der Waals surface area contributed by atoms with Crippen LogP contribution in [0, 0.1) is 18.3 Å². The lowest BCUT2D eigenvalue weighted by atomic mass is 10.2. The van der Waals surface area contributed by atoms with Gasteiger partial charge in [-0.05, 0) is 54.3 Å². The molecule has 0 saturated carbocycles. The Kier molecular flexibility index (Phi) is 3.77. The highest BCUT2D eigenvalue weighted by Gasteiger charge is 2.09. The number of aryl methyl sites for hydroxylation is 1. The number of benzene rings is 1. The number of nitrogens with one attached hydrogen (secondary N) is 1. The number of fused-ring (bicyclic) bond motifs is 1. The summed E-state index contributed by atoms with van der Waals surface area (Å²) in [7, 11) is 0. The summed E-state index contributed by atoms with van der Waals surface area (Å²) in [5.74, 6) is 0.615. The van der Waals surface area contributed by atoms with E-state index in [9.17, 15) is 5.26 Å². The Morgan fingerprint density at radius 2 is 2.12 bits per heavy atom. The second-order valence-corrected chi connectivity index (χ2v) is 7.52. The van der Waals surface area contributed by atoms with E-state index in [-0.39, 0.29) is 0 Å². The first-order valence-corrected chi connectivity index (χ1v) is 9.15. The lowest BCUT2D eigenvalue weighted by Crippen LogP contribution is -1.83. The van der Waals surface area contributed by atoms with Crippen LogP contribution in [0.5, 0.6) is 0 Å². The molecule has 0 aliphatic carbocycles. The monoisotopic (exact) mass is 347 g/mol. The van der Waals surface area contributed by atoms with Gasteiger partial charge in [0.1, 0.15) is 11.9 Å². The van der Waals surface area contributed by atoms with Crippen molar-refractivity contribution in [2.75, 3.05) is 0 Å². The van der Waals surface area contributed by atoms with Crippen LogP contribution in [-0.2, 0) is 0 Å². The number of H-pyrrole nitrogens is 1. The van der Waals surface area contributed by atoms with Crippen LogP contribution in [0.1, 0.15) is 16.3 Å². The number of nitrogens with zero attached hydrogens (tertiary/aromatic N) is 2. The van der Waals surface area contributed by atoms with Crippen LogP contribution in [-0.4, -0.2) is 9.97 Å². The molecule has 0 bridgehead atoms. The van der Waals surface area contributed by atoms with E-state index in [1.165, 1.54) is 15.3 Å². The lowest BCUT2D eigenvalue weighted by molar-refractivity contribution is 1.27. The summed E-state index contributed by atoms with van der Waals surface area (Å²) in [6, 6.07) is 16.6. The molecule has 0 aliphatic heterocycles. The van der Waals surface area contributed by atoms with Gasteiger partial charge in [-0.15, -0.1) is 22.7 Å². The third kappa shape index (κ3) is 2.78. The molecule has 0 amide bonds. The molecule has 0 radical (unpaired) electrons. The molecule has 4 aromatic rings. The van der Waals surface area contributed by atoms with Gasteiger partial charge < -0.3 is 4.98 Å². The van der Waals surface area contributed by atoms with Crippen LogP contribution in [0.25, 0.3) is 32.4 Å². The van der Waals surface area contributed by atoms with Gasteiger partial charge in [0.25, 0.3) is 0 Å². The predicted octanol–water partition coefficient (Wildman–Crippen LogP) is 5.73. The summed E-state index contributed by atoms with van der Waals surface area (Å²) in [5, 5.41) is 11.6. The Hall–Kier alpha value is -2.68. The summed E-state index contributed by atoms with van der Waals surface area (Å²) in [6.45, 7) is 2.04. The predicted molar refractivity (Wildman–Crippen MR) is 102 cm³/mol. The maximum Gasteiger partial charge on any atom is 0.149 e. The third-order valence-electron chi connectivity index (χ3n) is 3.69. The van der Waals surface area contributed by atoms with Crippen LogP contribution in [0.2, 0.25) is 0 Å². The van der Waals surface area contributed by atoms with Gasteiger partial charge in [0, 0.05) is 14.6 Å². The summed E-state index contributed by atoms with van der Waals surface area (Å²) in [6.07, 6.45) is 1.90. The summed E-state index contributed by atoms with van der Waals surface area (Å²) < 4.78 is 0. The molecular weight excluding hydrogens is 334 g/mol. The van der Waals surface area contributed by atoms with E-state index in [4.69, 9.17) is 0 Å². The number of aromatic nitrogens is 2. The lowest BCUT2D eigenvalue weighted by Gasteiger charge is -1.92. The Bertz CT molecular complexity index is 1080. The number of rotatable bonds is 3. The molecular formula is C19H13N3S2. The van der Waals surface area contributed by atoms with Gasteiger partial charge in [-0.3, -0.25) is 0 Å². The molecule has 0 atom stereocenters. The van der Waals surface area contributed by atoms with Gasteiger partial charge in [0.2, 0.25) is 0 Å². The highest BCUT2D eigenvalue weighted by molar-refractivity contribution is 7.21. The van der Waals surface area contributed by atoms with Crippen LogP contribution in [0.15, 0.2) is 47.8 Å². The molecule has 0 fully saturated rings. The van der Waals surface area contributed by atoms with Crippen LogP contribution in [0.3, 0.4) is 0 Å². The minimum atomic E-state index is 0.545. The van der Waals surface area contributed by atoms with Gasteiger partial charge in [0.15, 0.2) is 0 Å². The normalized spacial score (nSPS) is 11.8. The fraction of sp³-hybridized carbons (Fsp3) is 0.0526. The quantitative estimate of drug-likeness (QED) is 0.481. The SMILES string of the molecule is Cc1ccc2nc(C(C#N)=Cc3ccc(-c4cccs4)s3)[nH]c2c1. The standard InChI is InChI=1S/C19H13N3S2/c1-12-4-6-15-16(9-12)22-19(21-15)13(11-20)10-14-5-7-18(24-14)17-3-2-8-23-17/h2-10H,1H3,(H,21,22). The van der Waals surface area contributed by atoms with E-state index in [2.05, 4.69) is 33.5 Å². The fourth-order valence-electron chi connectivity index (χ4n) is 2.53. The van der Waals surface area contributed by atoms with Crippen molar-refractivity contribution in [3.8, 4) is 15.8 Å². The Morgan fingerprint density at radius 1 is 1.21 bits per heavy atom. The first-order valence-electron chi connectivity index (χ1n) is 7.45. The molecule has 0 spiro atoms. The average molecular weight is 347 g/mol. The number of aromatic amines is 1. The van der Waals surface area contributed by atoms with Crippen molar-refractivity contribution in [3.63, 3.8) is 0 Å². The number of hydrogen-bond acceptors (Lipinski definition) is 4. The molecule has 3 heterocycles. The topological polar surface area (TPSA) is 52.5 Å². The maximum absolute atomic E-state index is 9.54.